The summed E-state index contributed by atoms with van der Waals surface area (Å²) in [5, 5.41) is 7.60. The zero-order valence-electron chi connectivity index (χ0n) is 13.3. The second-order valence-electron chi connectivity index (χ2n) is 5.43. The minimum absolute atomic E-state index is 0.207. The third kappa shape index (κ3) is 3.39. The number of ether oxygens (including phenoxy) is 1. The fourth-order valence-electron chi connectivity index (χ4n) is 2.07. The molecular weight excluding hydrogens is 296 g/mol. The Morgan fingerprint density at radius 1 is 1.09 bits per heavy atom. The smallest absolute Gasteiger partial charge is 0.267 e. The molecule has 0 radical (unpaired) electrons. The van der Waals surface area contributed by atoms with Crippen molar-refractivity contribution in [3.63, 3.8) is 0 Å². The highest BCUT2D eigenvalue weighted by molar-refractivity contribution is 5.55. The van der Waals surface area contributed by atoms with Gasteiger partial charge in [-0.1, -0.05) is 31.1 Å². The minimum Gasteiger partial charge on any atom is -0.481 e. The molecule has 1 atom stereocenters. The van der Waals surface area contributed by atoms with E-state index in [4.69, 9.17) is 13.8 Å². The van der Waals surface area contributed by atoms with Crippen LogP contribution in [-0.4, -0.2) is 20.3 Å². The van der Waals surface area contributed by atoms with Crippen molar-refractivity contribution in [1.82, 2.24) is 20.3 Å². The lowest BCUT2D eigenvalue weighted by molar-refractivity contribution is 0.154. The molecule has 0 fully saturated rings. The van der Waals surface area contributed by atoms with Crippen LogP contribution in [0, 0.1) is 0 Å². The van der Waals surface area contributed by atoms with Gasteiger partial charge in [-0.2, -0.15) is 9.97 Å². The van der Waals surface area contributed by atoms with Crippen molar-refractivity contribution in [2.75, 3.05) is 0 Å². The van der Waals surface area contributed by atoms with E-state index in [0.717, 1.165) is 12.0 Å². The van der Waals surface area contributed by atoms with Crippen LogP contribution in [0.1, 0.15) is 51.0 Å². The molecular formula is C16H18N4O3. The standard InChI is InChI=1S/C16H18N4O3/c1-4-13(16-17-9-18-22-16)21-12-7-5-11(6-8-12)14-19-15(10(2)3)23-20-14/h5-10,13H,4H2,1-3H3. The maximum Gasteiger partial charge on any atom is 0.267 e. The summed E-state index contributed by atoms with van der Waals surface area (Å²) in [7, 11) is 0. The Balaban J connectivity index is 1.73. The van der Waals surface area contributed by atoms with Gasteiger partial charge < -0.3 is 13.8 Å². The fourth-order valence-corrected chi connectivity index (χ4v) is 2.07. The Bertz CT molecular complexity index is 735. The van der Waals surface area contributed by atoms with Crippen molar-refractivity contribution in [3.8, 4) is 17.1 Å². The third-order valence-electron chi connectivity index (χ3n) is 3.35. The Hall–Kier alpha value is -2.70. The quantitative estimate of drug-likeness (QED) is 0.684. The Morgan fingerprint density at radius 2 is 1.87 bits per heavy atom. The topological polar surface area (TPSA) is 87.1 Å². The summed E-state index contributed by atoms with van der Waals surface area (Å²) in [5.74, 6) is 2.59. The summed E-state index contributed by atoms with van der Waals surface area (Å²) in [6, 6.07) is 7.51. The summed E-state index contributed by atoms with van der Waals surface area (Å²) < 4.78 is 16.2. The number of rotatable bonds is 6. The molecule has 0 N–H and O–H groups in total. The second-order valence-corrected chi connectivity index (χ2v) is 5.43. The molecule has 7 nitrogen and oxygen atoms in total. The molecule has 3 aromatic rings. The molecule has 0 amide bonds. The molecule has 1 unspecified atom stereocenters. The normalized spacial score (nSPS) is 12.5. The highest BCUT2D eigenvalue weighted by Crippen LogP contribution is 2.26. The number of benzene rings is 1. The maximum absolute atomic E-state index is 5.88. The van der Waals surface area contributed by atoms with Crippen LogP contribution >= 0.6 is 0 Å². The maximum atomic E-state index is 5.88. The first kappa shape index (κ1) is 15.2. The average Bonchev–Trinajstić information content (AvgIpc) is 3.24. The summed E-state index contributed by atoms with van der Waals surface area (Å²) in [6.07, 6.45) is 1.83. The molecule has 0 bridgehead atoms. The summed E-state index contributed by atoms with van der Waals surface area (Å²) in [4.78, 5) is 8.41. The SMILES string of the molecule is CCC(Oc1ccc(-c2noc(C(C)C)n2)cc1)c1ncno1. The number of hydrogen-bond donors (Lipinski definition) is 0. The third-order valence-corrected chi connectivity index (χ3v) is 3.35. The molecule has 0 aliphatic heterocycles. The van der Waals surface area contributed by atoms with Gasteiger partial charge in [-0.25, -0.2) is 0 Å². The van der Waals surface area contributed by atoms with Crippen LogP contribution in [0.25, 0.3) is 11.4 Å². The molecule has 0 aliphatic carbocycles. The van der Waals surface area contributed by atoms with Crippen LogP contribution in [0.5, 0.6) is 5.75 Å². The van der Waals surface area contributed by atoms with Gasteiger partial charge in [0, 0.05) is 11.5 Å². The Morgan fingerprint density at radius 3 is 2.43 bits per heavy atom. The van der Waals surface area contributed by atoms with E-state index in [0.29, 0.717) is 23.4 Å². The molecule has 3 rings (SSSR count). The molecule has 0 saturated heterocycles. The van der Waals surface area contributed by atoms with Crippen LogP contribution in [-0.2, 0) is 0 Å². The van der Waals surface area contributed by atoms with Crippen LogP contribution in [0.4, 0.5) is 0 Å². The van der Waals surface area contributed by atoms with E-state index in [-0.39, 0.29) is 12.0 Å². The first-order valence-corrected chi connectivity index (χ1v) is 7.54. The Kier molecular flexibility index (Phi) is 4.36. The molecule has 120 valence electrons. The fraction of sp³-hybridized carbons (Fsp3) is 0.375. The van der Waals surface area contributed by atoms with Gasteiger partial charge >= 0.3 is 0 Å². The lowest BCUT2D eigenvalue weighted by Gasteiger charge is -2.13. The molecule has 23 heavy (non-hydrogen) atoms. The molecule has 2 heterocycles. The van der Waals surface area contributed by atoms with Crippen molar-refractivity contribution < 1.29 is 13.8 Å². The molecule has 0 saturated carbocycles. The van der Waals surface area contributed by atoms with E-state index in [2.05, 4.69) is 20.3 Å². The molecule has 7 heteroatoms. The van der Waals surface area contributed by atoms with Crippen LogP contribution in [0.15, 0.2) is 39.6 Å². The summed E-state index contributed by atoms with van der Waals surface area (Å²) in [5.41, 5.74) is 0.874. The molecule has 0 aliphatic rings. The summed E-state index contributed by atoms with van der Waals surface area (Å²) in [6.45, 7) is 6.02. The van der Waals surface area contributed by atoms with E-state index >= 15 is 0 Å². The van der Waals surface area contributed by atoms with Gasteiger partial charge in [0.1, 0.15) is 5.75 Å². The first-order chi connectivity index (χ1) is 11.2. The van der Waals surface area contributed by atoms with Crippen molar-refractivity contribution in [2.45, 2.75) is 39.2 Å². The first-order valence-electron chi connectivity index (χ1n) is 7.54. The van der Waals surface area contributed by atoms with Gasteiger partial charge in [0.15, 0.2) is 12.4 Å². The lowest BCUT2D eigenvalue weighted by atomic mass is 10.2. The molecule has 0 spiro atoms. The van der Waals surface area contributed by atoms with Crippen molar-refractivity contribution in [3.05, 3.63) is 42.4 Å². The summed E-state index contributed by atoms with van der Waals surface area (Å²) >= 11 is 0. The average molecular weight is 314 g/mol. The van der Waals surface area contributed by atoms with Crippen LogP contribution in [0.3, 0.4) is 0 Å². The van der Waals surface area contributed by atoms with Gasteiger partial charge in [-0.3, -0.25) is 0 Å². The lowest BCUT2D eigenvalue weighted by Crippen LogP contribution is -2.06. The van der Waals surface area contributed by atoms with E-state index in [9.17, 15) is 0 Å². The van der Waals surface area contributed by atoms with Crippen molar-refractivity contribution in [2.24, 2.45) is 0 Å². The van der Waals surface area contributed by atoms with Gasteiger partial charge in [-0.05, 0) is 30.7 Å². The minimum atomic E-state index is -0.263. The van der Waals surface area contributed by atoms with Gasteiger partial charge in [0.05, 0.1) is 0 Å². The number of hydrogen-bond acceptors (Lipinski definition) is 7. The predicted molar refractivity (Wildman–Crippen MR) is 81.8 cm³/mol. The number of nitrogens with zero attached hydrogens (tertiary/aromatic N) is 4. The van der Waals surface area contributed by atoms with E-state index in [1.54, 1.807) is 0 Å². The van der Waals surface area contributed by atoms with Gasteiger partial charge in [-0.15, -0.1) is 0 Å². The predicted octanol–water partition coefficient (Wildman–Crippen LogP) is 3.77. The van der Waals surface area contributed by atoms with E-state index in [1.807, 2.05) is 45.0 Å². The monoisotopic (exact) mass is 314 g/mol. The highest BCUT2D eigenvalue weighted by Gasteiger charge is 2.17. The van der Waals surface area contributed by atoms with Crippen LogP contribution < -0.4 is 4.74 Å². The van der Waals surface area contributed by atoms with Crippen molar-refractivity contribution in [1.29, 1.82) is 0 Å². The largest absolute Gasteiger partial charge is 0.481 e. The van der Waals surface area contributed by atoms with Gasteiger partial charge in [0.2, 0.25) is 11.7 Å². The zero-order chi connectivity index (χ0) is 16.2. The van der Waals surface area contributed by atoms with E-state index < -0.39 is 0 Å². The Labute approximate surface area is 133 Å². The molecule has 2 aromatic heterocycles. The molecule has 1 aromatic carbocycles. The highest BCUT2D eigenvalue weighted by atomic mass is 16.5. The number of aromatic nitrogens is 4. The van der Waals surface area contributed by atoms with Crippen LogP contribution in [0.2, 0.25) is 0 Å². The zero-order valence-corrected chi connectivity index (χ0v) is 13.3. The van der Waals surface area contributed by atoms with Gasteiger partial charge in [0.25, 0.3) is 5.89 Å². The second kappa shape index (κ2) is 6.60. The van der Waals surface area contributed by atoms with Crippen molar-refractivity contribution >= 4 is 0 Å². The van der Waals surface area contributed by atoms with E-state index in [1.165, 1.54) is 6.33 Å².